The summed E-state index contributed by atoms with van der Waals surface area (Å²) in [5, 5.41) is 10.3. The second-order valence-electron chi connectivity index (χ2n) is 7.44. The number of benzene rings is 4. The van der Waals surface area contributed by atoms with Crippen LogP contribution in [-0.2, 0) is 4.74 Å². The normalized spacial score (nSPS) is 13.1. The first-order chi connectivity index (χ1) is 15.9. The second kappa shape index (κ2) is 10.1. The Morgan fingerprint density at radius 3 is 1.16 bits per heavy atom. The van der Waals surface area contributed by atoms with Gasteiger partial charge in [0, 0.05) is 0 Å². The topological polar surface area (TPSA) is 21.3 Å². The van der Waals surface area contributed by atoms with Gasteiger partial charge in [-0.25, -0.2) is 0 Å². The van der Waals surface area contributed by atoms with Gasteiger partial charge in [-0.1, -0.05) is 121 Å². The molecule has 1 aliphatic rings. The molecule has 1 saturated heterocycles. The lowest BCUT2D eigenvalue weighted by atomic mass is 10.4. The van der Waals surface area contributed by atoms with Gasteiger partial charge < -0.3 is 10.1 Å². The van der Waals surface area contributed by atoms with Crippen LogP contribution in [0.15, 0.2) is 132 Å². The molecule has 32 heavy (non-hydrogen) atoms. The fourth-order valence-electron chi connectivity index (χ4n) is 3.91. The van der Waals surface area contributed by atoms with Gasteiger partial charge in [-0.2, -0.15) is 0 Å². The molecule has 0 aromatic heterocycles. The van der Waals surface area contributed by atoms with E-state index in [4.69, 9.17) is 4.74 Å². The molecule has 5 rings (SSSR count). The van der Waals surface area contributed by atoms with Gasteiger partial charge in [0.25, 0.3) is 0 Å². The van der Waals surface area contributed by atoms with Crippen LogP contribution in [-0.4, -0.2) is 13.2 Å². The first kappa shape index (κ1) is 21.0. The van der Waals surface area contributed by atoms with E-state index < -0.39 is 15.8 Å². The van der Waals surface area contributed by atoms with E-state index in [2.05, 4.69) is 127 Å². The van der Waals surface area contributed by atoms with Crippen LogP contribution in [0.3, 0.4) is 0 Å². The molecule has 2 nitrogen and oxygen atoms in total. The van der Waals surface area contributed by atoms with Crippen LogP contribution in [0.5, 0.6) is 0 Å². The average molecular weight is 453 g/mol. The summed E-state index contributed by atoms with van der Waals surface area (Å²) in [6.07, 6.45) is 0. The molecule has 4 aromatic rings. The number of ether oxygens (including phenoxy) is 1. The first-order valence-electron chi connectivity index (χ1n) is 10.8. The number of nitrogens with one attached hydrogen (secondary N) is 1. The molecule has 0 unspecified atom stereocenters. The maximum absolute atomic E-state index is 6.26. The monoisotopic (exact) mass is 453 g/mol. The summed E-state index contributed by atoms with van der Waals surface area (Å²) in [5.41, 5.74) is 0. The lowest BCUT2D eigenvalue weighted by Crippen LogP contribution is -2.22. The van der Waals surface area contributed by atoms with Gasteiger partial charge in [0.15, 0.2) is 5.88 Å². The summed E-state index contributed by atoms with van der Waals surface area (Å²) < 4.78 is 6.26. The lowest BCUT2D eigenvalue weighted by molar-refractivity contribution is 0.265. The van der Waals surface area contributed by atoms with Crippen LogP contribution in [0, 0.1) is 0 Å². The molecule has 0 saturated carbocycles. The highest BCUT2D eigenvalue weighted by molar-refractivity contribution is 7.94. The van der Waals surface area contributed by atoms with Crippen molar-refractivity contribution in [2.24, 2.45) is 0 Å². The third-order valence-corrected chi connectivity index (χ3v) is 11.0. The summed E-state index contributed by atoms with van der Waals surface area (Å²) >= 11 is 0. The molecule has 0 amide bonds. The van der Waals surface area contributed by atoms with Crippen molar-refractivity contribution in [3.63, 3.8) is 0 Å². The molecule has 0 atom stereocenters. The van der Waals surface area contributed by atoms with Gasteiger partial charge in [-0.15, -0.1) is 0 Å². The number of hydrogen-bond acceptors (Lipinski definition) is 2. The van der Waals surface area contributed by atoms with Gasteiger partial charge in [-0.3, -0.25) is 0 Å². The first-order valence-corrected chi connectivity index (χ1v) is 13.5. The Balaban J connectivity index is 1.78. The summed E-state index contributed by atoms with van der Waals surface area (Å²) in [7, 11) is -1.58. The minimum absolute atomic E-state index is 0.707. The van der Waals surface area contributed by atoms with Gasteiger partial charge in [0.2, 0.25) is 0 Å². The fourth-order valence-corrected chi connectivity index (χ4v) is 10.2. The Kier molecular flexibility index (Phi) is 6.63. The van der Waals surface area contributed by atoms with Gasteiger partial charge in [0.05, 0.1) is 11.6 Å². The van der Waals surface area contributed by atoms with Crippen molar-refractivity contribution in [3.8, 4) is 0 Å². The minimum atomic E-state index is -0.791. The zero-order valence-corrected chi connectivity index (χ0v) is 19.6. The predicted octanol–water partition coefficient (Wildman–Crippen LogP) is 5.00. The number of rotatable bonds is 6. The SMILES string of the molecule is c1ccc(P(C(=C2NCCO2)P(c2ccccc2)c2ccccc2)c2ccccc2)cc1. The van der Waals surface area contributed by atoms with Gasteiger partial charge >= 0.3 is 0 Å². The minimum Gasteiger partial charge on any atom is -0.477 e. The van der Waals surface area contributed by atoms with Crippen molar-refractivity contribution in [1.82, 2.24) is 5.32 Å². The largest absolute Gasteiger partial charge is 0.477 e. The molecule has 4 heteroatoms. The van der Waals surface area contributed by atoms with Crippen LogP contribution >= 0.6 is 15.8 Å². The van der Waals surface area contributed by atoms with Crippen LogP contribution < -0.4 is 26.5 Å². The third-order valence-electron chi connectivity index (χ3n) is 5.32. The summed E-state index contributed by atoms with van der Waals surface area (Å²) in [6, 6.07) is 43.6. The highest BCUT2D eigenvalue weighted by Gasteiger charge is 2.33. The fraction of sp³-hybridized carbons (Fsp3) is 0.0714. The number of hydrogen-bond donors (Lipinski definition) is 1. The summed E-state index contributed by atoms with van der Waals surface area (Å²) in [4.78, 5) is 0. The van der Waals surface area contributed by atoms with E-state index in [0.29, 0.717) is 6.61 Å². The predicted molar refractivity (Wildman–Crippen MR) is 139 cm³/mol. The third kappa shape index (κ3) is 4.49. The maximum atomic E-state index is 6.26. The molecule has 1 fully saturated rings. The Morgan fingerprint density at radius 1 is 0.531 bits per heavy atom. The van der Waals surface area contributed by atoms with E-state index in [1.54, 1.807) is 0 Å². The molecular weight excluding hydrogens is 428 g/mol. The van der Waals surface area contributed by atoms with Gasteiger partial charge in [-0.05, 0) is 37.1 Å². The molecular formula is C28H25NOP2. The highest BCUT2D eigenvalue weighted by atomic mass is 31.2. The van der Waals surface area contributed by atoms with Crippen LogP contribution in [0.25, 0.3) is 0 Å². The van der Waals surface area contributed by atoms with Crippen LogP contribution in [0.4, 0.5) is 0 Å². The molecule has 1 N–H and O–H groups in total. The second-order valence-corrected chi connectivity index (χ2v) is 12.1. The molecule has 158 valence electrons. The van der Waals surface area contributed by atoms with Crippen molar-refractivity contribution in [3.05, 3.63) is 132 Å². The van der Waals surface area contributed by atoms with Crippen molar-refractivity contribution >= 4 is 37.1 Å². The quantitative estimate of drug-likeness (QED) is 0.415. The highest BCUT2D eigenvalue weighted by Crippen LogP contribution is 2.61. The molecule has 0 spiro atoms. The zero-order valence-electron chi connectivity index (χ0n) is 17.8. The van der Waals surface area contributed by atoms with E-state index in [0.717, 1.165) is 12.4 Å². The zero-order chi connectivity index (χ0) is 21.6. The van der Waals surface area contributed by atoms with Crippen LogP contribution in [0.1, 0.15) is 0 Å². The Labute approximate surface area is 192 Å². The standard InChI is InChI=1S/C28H25NOP2/c1-5-13-23(14-6-1)31(24-15-7-2-8-16-24)28(27-29-21-22-30-27)32(25-17-9-3-10-18-25)26-19-11-4-12-20-26/h1-20,29H,21-22H2. The molecule has 1 heterocycles. The Hall–Kier alpha value is -2.92. The van der Waals surface area contributed by atoms with E-state index >= 15 is 0 Å². The molecule has 0 radical (unpaired) electrons. The van der Waals surface area contributed by atoms with Crippen LogP contribution in [0.2, 0.25) is 0 Å². The smallest absolute Gasteiger partial charge is 0.196 e. The molecule has 0 bridgehead atoms. The molecule has 0 aliphatic carbocycles. The van der Waals surface area contributed by atoms with Crippen molar-refractivity contribution in [2.45, 2.75) is 0 Å². The average Bonchev–Trinajstić information content (AvgIpc) is 3.41. The van der Waals surface area contributed by atoms with Crippen molar-refractivity contribution < 1.29 is 4.74 Å². The summed E-state index contributed by atoms with van der Waals surface area (Å²) in [5.74, 6) is 0.961. The lowest BCUT2D eigenvalue weighted by Gasteiger charge is -2.30. The Morgan fingerprint density at radius 2 is 0.875 bits per heavy atom. The van der Waals surface area contributed by atoms with E-state index in [1.165, 1.54) is 26.3 Å². The maximum Gasteiger partial charge on any atom is 0.196 e. The van der Waals surface area contributed by atoms with E-state index in [1.807, 2.05) is 0 Å². The molecule has 4 aromatic carbocycles. The van der Waals surface area contributed by atoms with E-state index in [9.17, 15) is 0 Å². The summed E-state index contributed by atoms with van der Waals surface area (Å²) in [6.45, 7) is 1.55. The van der Waals surface area contributed by atoms with E-state index in [-0.39, 0.29) is 0 Å². The van der Waals surface area contributed by atoms with Crippen molar-refractivity contribution in [2.75, 3.05) is 13.2 Å². The Bertz CT molecular complexity index is 993. The molecule has 1 aliphatic heterocycles. The van der Waals surface area contributed by atoms with Gasteiger partial charge in [0.1, 0.15) is 6.61 Å². The van der Waals surface area contributed by atoms with Crippen molar-refractivity contribution in [1.29, 1.82) is 0 Å².